The smallest absolute Gasteiger partial charge is 0.251 e. The molecule has 2 aromatic carbocycles. The van der Waals surface area contributed by atoms with Crippen LogP contribution in [-0.4, -0.2) is 5.91 Å². The van der Waals surface area contributed by atoms with E-state index < -0.39 is 0 Å². The molecule has 0 bridgehead atoms. The van der Waals surface area contributed by atoms with Gasteiger partial charge in [0.2, 0.25) is 0 Å². The molecule has 2 heteroatoms. The van der Waals surface area contributed by atoms with E-state index in [1.54, 1.807) is 0 Å². The molecule has 2 aromatic rings. The van der Waals surface area contributed by atoms with Gasteiger partial charge in [-0.1, -0.05) is 41.5 Å². The Bertz CT molecular complexity index is 602. The fourth-order valence-electron chi connectivity index (χ4n) is 2.11. The monoisotopic (exact) mass is 253 g/mol. The van der Waals surface area contributed by atoms with Gasteiger partial charge in [-0.05, 0) is 44.0 Å². The second-order valence-corrected chi connectivity index (χ2v) is 4.98. The Morgan fingerprint density at radius 1 is 1.00 bits per heavy atom. The fourth-order valence-corrected chi connectivity index (χ4v) is 2.11. The second-order valence-electron chi connectivity index (χ2n) is 4.98. The lowest BCUT2D eigenvalue weighted by atomic mass is 10.1. The maximum absolute atomic E-state index is 12.0. The summed E-state index contributed by atoms with van der Waals surface area (Å²) in [4.78, 5) is 12.0. The van der Waals surface area contributed by atoms with Crippen molar-refractivity contribution >= 4 is 5.91 Å². The third-order valence-corrected chi connectivity index (χ3v) is 3.22. The lowest BCUT2D eigenvalue weighted by Crippen LogP contribution is -2.23. The van der Waals surface area contributed by atoms with Crippen LogP contribution in [0.5, 0.6) is 0 Å². The molecule has 2 rings (SSSR count). The highest BCUT2D eigenvalue weighted by atomic mass is 16.1. The molecule has 0 spiro atoms. The van der Waals surface area contributed by atoms with Gasteiger partial charge in [-0.25, -0.2) is 0 Å². The predicted octanol–water partition coefficient (Wildman–Crippen LogP) is 3.54. The van der Waals surface area contributed by atoms with Crippen LogP contribution in [-0.2, 0) is 6.54 Å². The van der Waals surface area contributed by atoms with Gasteiger partial charge in [-0.2, -0.15) is 0 Å². The Hall–Kier alpha value is -2.09. The molecule has 1 N–H and O–H groups in total. The second kappa shape index (κ2) is 5.70. The Balaban J connectivity index is 2.04. The molecule has 0 unspecified atom stereocenters. The summed E-state index contributed by atoms with van der Waals surface area (Å²) < 4.78 is 0. The van der Waals surface area contributed by atoms with Crippen LogP contribution in [0.3, 0.4) is 0 Å². The van der Waals surface area contributed by atoms with Gasteiger partial charge in [-0.3, -0.25) is 4.79 Å². The first-order valence-electron chi connectivity index (χ1n) is 6.47. The molecule has 0 fully saturated rings. The van der Waals surface area contributed by atoms with E-state index in [1.165, 1.54) is 11.1 Å². The van der Waals surface area contributed by atoms with Crippen LogP contribution in [0.25, 0.3) is 0 Å². The highest BCUT2D eigenvalue weighted by Crippen LogP contribution is 2.11. The van der Waals surface area contributed by atoms with Crippen molar-refractivity contribution in [3.63, 3.8) is 0 Å². The van der Waals surface area contributed by atoms with E-state index in [9.17, 15) is 4.79 Å². The van der Waals surface area contributed by atoms with Gasteiger partial charge in [0, 0.05) is 12.1 Å². The summed E-state index contributed by atoms with van der Waals surface area (Å²) in [5, 5.41) is 2.96. The van der Waals surface area contributed by atoms with E-state index in [-0.39, 0.29) is 5.91 Å². The number of hydrogen-bond acceptors (Lipinski definition) is 1. The zero-order chi connectivity index (χ0) is 13.8. The molecule has 0 saturated heterocycles. The number of benzene rings is 2. The lowest BCUT2D eigenvalue weighted by Gasteiger charge is -2.09. The zero-order valence-electron chi connectivity index (χ0n) is 11.7. The molecule has 2 nitrogen and oxygen atoms in total. The number of nitrogens with one attached hydrogen (secondary N) is 1. The maximum Gasteiger partial charge on any atom is 0.251 e. The Labute approximate surface area is 114 Å². The van der Waals surface area contributed by atoms with Crippen molar-refractivity contribution in [2.75, 3.05) is 0 Å². The summed E-state index contributed by atoms with van der Waals surface area (Å²) in [6.07, 6.45) is 0. The zero-order valence-corrected chi connectivity index (χ0v) is 11.7. The average molecular weight is 253 g/mol. The largest absolute Gasteiger partial charge is 0.348 e. The first-order chi connectivity index (χ1) is 9.06. The standard InChI is InChI=1S/C17H19NO/c1-12-5-4-6-15(10-12)17(19)18-11-16-8-7-13(2)9-14(16)3/h4-10H,11H2,1-3H3,(H,18,19). The van der Waals surface area contributed by atoms with Crippen LogP contribution < -0.4 is 5.32 Å². The molecular weight excluding hydrogens is 234 g/mol. The molecule has 0 saturated carbocycles. The van der Waals surface area contributed by atoms with Crippen LogP contribution in [0.1, 0.15) is 32.6 Å². The maximum atomic E-state index is 12.0. The van der Waals surface area contributed by atoms with Gasteiger partial charge in [-0.15, -0.1) is 0 Å². The number of carbonyl (C=O) groups is 1. The summed E-state index contributed by atoms with van der Waals surface area (Å²) in [5.41, 5.74) is 5.42. The summed E-state index contributed by atoms with van der Waals surface area (Å²) in [5.74, 6) is -0.0244. The molecule has 0 aliphatic rings. The molecule has 0 heterocycles. The third-order valence-electron chi connectivity index (χ3n) is 3.22. The van der Waals surface area contributed by atoms with Crippen molar-refractivity contribution in [1.29, 1.82) is 0 Å². The third kappa shape index (κ3) is 3.44. The van der Waals surface area contributed by atoms with E-state index in [0.29, 0.717) is 12.1 Å². The molecular formula is C17H19NO. The van der Waals surface area contributed by atoms with Crippen LogP contribution >= 0.6 is 0 Å². The molecule has 0 radical (unpaired) electrons. The van der Waals surface area contributed by atoms with Crippen LogP contribution in [0, 0.1) is 20.8 Å². The summed E-state index contributed by atoms with van der Waals surface area (Å²) in [6, 6.07) is 13.9. The van der Waals surface area contributed by atoms with E-state index in [1.807, 2.05) is 31.2 Å². The highest BCUT2D eigenvalue weighted by Gasteiger charge is 2.06. The fraction of sp³-hybridized carbons (Fsp3) is 0.235. The van der Waals surface area contributed by atoms with Crippen molar-refractivity contribution in [2.45, 2.75) is 27.3 Å². The summed E-state index contributed by atoms with van der Waals surface area (Å²) in [6.45, 7) is 6.70. The number of hydrogen-bond donors (Lipinski definition) is 1. The van der Waals surface area contributed by atoms with Crippen LogP contribution in [0.4, 0.5) is 0 Å². The van der Waals surface area contributed by atoms with Crippen molar-refractivity contribution < 1.29 is 4.79 Å². The Morgan fingerprint density at radius 3 is 2.42 bits per heavy atom. The van der Waals surface area contributed by atoms with Crippen molar-refractivity contribution in [2.24, 2.45) is 0 Å². The van der Waals surface area contributed by atoms with Crippen LogP contribution in [0.2, 0.25) is 0 Å². The van der Waals surface area contributed by atoms with Gasteiger partial charge in [0.15, 0.2) is 0 Å². The average Bonchev–Trinajstić information content (AvgIpc) is 2.37. The van der Waals surface area contributed by atoms with Gasteiger partial charge in [0.25, 0.3) is 5.91 Å². The van der Waals surface area contributed by atoms with Gasteiger partial charge in [0.1, 0.15) is 0 Å². The quantitative estimate of drug-likeness (QED) is 0.890. The van der Waals surface area contributed by atoms with E-state index >= 15 is 0 Å². The molecule has 0 aliphatic heterocycles. The predicted molar refractivity (Wildman–Crippen MR) is 78.3 cm³/mol. The van der Waals surface area contributed by atoms with Crippen molar-refractivity contribution in [3.8, 4) is 0 Å². The number of aryl methyl sites for hydroxylation is 3. The van der Waals surface area contributed by atoms with Gasteiger partial charge < -0.3 is 5.32 Å². The summed E-state index contributed by atoms with van der Waals surface area (Å²) in [7, 11) is 0. The van der Waals surface area contributed by atoms with Gasteiger partial charge in [0.05, 0.1) is 0 Å². The van der Waals surface area contributed by atoms with E-state index in [0.717, 1.165) is 11.1 Å². The molecule has 0 aliphatic carbocycles. The number of carbonyl (C=O) groups excluding carboxylic acids is 1. The van der Waals surface area contributed by atoms with Crippen molar-refractivity contribution in [1.82, 2.24) is 5.32 Å². The van der Waals surface area contributed by atoms with E-state index in [2.05, 4.69) is 37.4 Å². The SMILES string of the molecule is Cc1cccc(C(=O)NCc2ccc(C)cc2C)c1. The molecule has 0 aromatic heterocycles. The van der Waals surface area contributed by atoms with Crippen LogP contribution in [0.15, 0.2) is 42.5 Å². The Kier molecular flexibility index (Phi) is 4.00. The molecule has 19 heavy (non-hydrogen) atoms. The summed E-state index contributed by atoms with van der Waals surface area (Å²) >= 11 is 0. The minimum atomic E-state index is -0.0244. The minimum Gasteiger partial charge on any atom is -0.348 e. The highest BCUT2D eigenvalue weighted by molar-refractivity contribution is 5.94. The number of amides is 1. The van der Waals surface area contributed by atoms with E-state index in [4.69, 9.17) is 0 Å². The normalized spacial score (nSPS) is 10.3. The van der Waals surface area contributed by atoms with Crippen molar-refractivity contribution in [3.05, 3.63) is 70.3 Å². The molecule has 98 valence electrons. The molecule has 0 atom stereocenters. The molecule has 1 amide bonds. The Morgan fingerprint density at radius 2 is 1.74 bits per heavy atom. The number of rotatable bonds is 3. The first-order valence-corrected chi connectivity index (χ1v) is 6.47. The minimum absolute atomic E-state index is 0.0244. The topological polar surface area (TPSA) is 29.1 Å². The lowest BCUT2D eigenvalue weighted by molar-refractivity contribution is 0.0951. The first kappa shape index (κ1) is 13.3. The van der Waals surface area contributed by atoms with Gasteiger partial charge >= 0.3 is 0 Å².